The molecule has 1 heterocycles. The molecule has 86 valence electrons. The summed E-state index contributed by atoms with van der Waals surface area (Å²) in [5.41, 5.74) is 0.0116. The average Bonchev–Trinajstić information content (AvgIpc) is 2.21. The molecule has 1 unspecified atom stereocenters. The molecule has 0 aromatic carbocycles. The standard InChI is InChI=1S/C8H8F3NO.C2H6/c1-13-7(8(9,10)11)6-3-2-4-12-5-6;1-2/h2-5,7H,1H3;1-2H3. The molecule has 0 fully saturated rings. The first-order valence-corrected chi connectivity index (χ1v) is 4.55. The van der Waals surface area contributed by atoms with Gasteiger partial charge >= 0.3 is 6.18 Å². The van der Waals surface area contributed by atoms with E-state index in [-0.39, 0.29) is 5.56 Å². The van der Waals surface area contributed by atoms with Crippen LogP contribution in [-0.4, -0.2) is 18.3 Å². The Labute approximate surface area is 87.1 Å². The highest BCUT2D eigenvalue weighted by Crippen LogP contribution is 2.34. The summed E-state index contributed by atoms with van der Waals surface area (Å²) < 4.78 is 41.1. The molecular formula is C10H14F3NO. The zero-order valence-corrected chi connectivity index (χ0v) is 8.88. The van der Waals surface area contributed by atoms with Gasteiger partial charge in [-0.25, -0.2) is 0 Å². The Morgan fingerprint density at radius 3 is 2.27 bits per heavy atom. The van der Waals surface area contributed by atoms with E-state index in [4.69, 9.17) is 0 Å². The second-order valence-electron chi connectivity index (χ2n) is 2.44. The maximum atomic E-state index is 12.3. The summed E-state index contributed by atoms with van der Waals surface area (Å²) in [5.74, 6) is 0. The largest absolute Gasteiger partial charge is 0.418 e. The van der Waals surface area contributed by atoms with Crippen molar-refractivity contribution in [2.24, 2.45) is 0 Å². The second-order valence-corrected chi connectivity index (χ2v) is 2.44. The number of rotatable bonds is 2. The van der Waals surface area contributed by atoms with Gasteiger partial charge in [0.15, 0.2) is 6.10 Å². The lowest BCUT2D eigenvalue weighted by molar-refractivity contribution is -0.216. The fourth-order valence-corrected chi connectivity index (χ4v) is 0.990. The minimum absolute atomic E-state index is 0.0116. The molecule has 1 rings (SSSR count). The van der Waals surface area contributed by atoms with E-state index < -0.39 is 12.3 Å². The Morgan fingerprint density at radius 2 is 1.93 bits per heavy atom. The minimum atomic E-state index is -4.39. The Kier molecular flexibility index (Phi) is 5.93. The van der Waals surface area contributed by atoms with E-state index in [9.17, 15) is 13.2 Å². The summed E-state index contributed by atoms with van der Waals surface area (Å²) in [5, 5.41) is 0. The van der Waals surface area contributed by atoms with Gasteiger partial charge in [0.2, 0.25) is 0 Å². The summed E-state index contributed by atoms with van der Waals surface area (Å²) in [6.45, 7) is 4.00. The van der Waals surface area contributed by atoms with Crippen molar-refractivity contribution >= 4 is 0 Å². The Balaban J connectivity index is 0.000000921. The van der Waals surface area contributed by atoms with Crippen LogP contribution in [0, 0.1) is 0 Å². The number of halogens is 3. The van der Waals surface area contributed by atoms with Crippen LogP contribution in [0.3, 0.4) is 0 Å². The summed E-state index contributed by atoms with van der Waals surface area (Å²) >= 11 is 0. The number of ether oxygens (including phenoxy) is 1. The molecule has 0 amide bonds. The van der Waals surface area contributed by atoms with Gasteiger partial charge in [-0.3, -0.25) is 4.98 Å². The highest BCUT2D eigenvalue weighted by molar-refractivity contribution is 5.13. The molecule has 0 spiro atoms. The lowest BCUT2D eigenvalue weighted by Gasteiger charge is -2.18. The minimum Gasteiger partial charge on any atom is -0.367 e. The molecule has 0 saturated heterocycles. The third kappa shape index (κ3) is 4.29. The number of alkyl halides is 3. The van der Waals surface area contributed by atoms with Gasteiger partial charge in [0, 0.05) is 25.1 Å². The topological polar surface area (TPSA) is 22.1 Å². The van der Waals surface area contributed by atoms with Crippen LogP contribution < -0.4 is 0 Å². The van der Waals surface area contributed by atoms with Crippen molar-refractivity contribution in [3.05, 3.63) is 30.1 Å². The molecule has 0 bridgehead atoms. The number of hydrogen-bond acceptors (Lipinski definition) is 2. The van der Waals surface area contributed by atoms with Gasteiger partial charge in [0.25, 0.3) is 0 Å². The molecular weight excluding hydrogens is 207 g/mol. The van der Waals surface area contributed by atoms with E-state index in [1.54, 1.807) is 0 Å². The molecule has 5 heteroatoms. The molecule has 15 heavy (non-hydrogen) atoms. The van der Waals surface area contributed by atoms with E-state index in [2.05, 4.69) is 9.72 Å². The first-order valence-electron chi connectivity index (χ1n) is 4.55. The lowest BCUT2D eigenvalue weighted by Crippen LogP contribution is -2.22. The number of methoxy groups -OCH3 is 1. The van der Waals surface area contributed by atoms with Gasteiger partial charge in [0.1, 0.15) is 0 Å². The van der Waals surface area contributed by atoms with Crippen molar-refractivity contribution in [3.63, 3.8) is 0 Å². The zero-order valence-electron chi connectivity index (χ0n) is 8.88. The van der Waals surface area contributed by atoms with E-state index in [1.807, 2.05) is 13.8 Å². The summed E-state index contributed by atoms with van der Waals surface area (Å²) in [6, 6.07) is 2.77. The fraction of sp³-hybridized carbons (Fsp3) is 0.500. The smallest absolute Gasteiger partial charge is 0.367 e. The Morgan fingerprint density at radius 1 is 1.33 bits per heavy atom. The van der Waals surface area contributed by atoms with Crippen LogP contribution >= 0.6 is 0 Å². The Hall–Kier alpha value is -1.10. The molecule has 1 aromatic rings. The highest BCUT2D eigenvalue weighted by atomic mass is 19.4. The molecule has 0 aliphatic rings. The zero-order chi connectivity index (χ0) is 11.9. The second kappa shape index (κ2) is 6.40. The normalized spacial score (nSPS) is 12.7. The number of pyridine rings is 1. The molecule has 0 aliphatic heterocycles. The summed E-state index contributed by atoms with van der Waals surface area (Å²) in [4.78, 5) is 3.59. The van der Waals surface area contributed by atoms with Crippen LogP contribution in [0.2, 0.25) is 0 Å². The predicted octanol–water partition coefficient (Wildman–Crippen LogP) is 3.36. The lowest BCUT2D eigenvalue weighted by atomic mass is 10.1. The van der Waals surface area contributed by atoms with Crippen molar-refractivity contribution < 1.29 is 17.9 Å². The van der Waals surface area contributed by atoms with Gasteiger partial charge in [-0.2, -0.15) is 13.2 Å². The maximum Gasteiger partial charge on any atom is 0.418 e. The van der Waals surface area contributed by atoms with Crippen molar-refractivity contribution in [2.45, 2.75) is 26.1 Å². The molecule has 0 aliphatic carbocycles. The van der Waals surface area contributed by atoms with Crippen LogP contribution in [0.15, 0.2) is 24.5 Å². The van der Waals surface area contributed by atoms with Crippen LogP contribution in [0.25, 0.3) is 0 Å². The van der Waals surface area contributed by atoms with E-state index in [0.29, 0.717) is 0 Å². The molecule has 2 nitrogen and oxygen atoms in total. The number of hydrogen-bond donors (Lipinski definition) is 0. The molecule has 0 N–H and O–H groups in total. The van der Waals surface area contributed by atoms with E-state index in [0.717, 1.165) is 13.3 Å². The van der Waals surface area contributed by atoms with Gasteiger partial charge < -0.3 is 4.74 Å². The van der Waals surface area contributed by atoms with Crippen molar-refractivity contribution in [1.29, 1.82) is 0 Å². The van der Waals surface area contributed by atoms with Gasteiger partial charge in [-0.1, -0.05) is 19.9 Å². The third-order valence-corrected chi connectivity index (χ3v) is 1.52. The van der Waals surface area contributed by atoms with E-state index >= 15 is 0 Å². The van der Waals surface area contributed by atoms with Crippen molar-refractivity contribution in [3.8, 4) is 0 Å². The molecule has 1 atom stereocenters. The first kappa shape index (κ1) is 13.9. The highest BCUT2D eigenvalue weighted by Gasteiger charge is 2.41. The van der Waals surface area contributed by atoms with E-state index in [1.165, 1.54) is 18.3 Å². The Bertz CT molecular complexity index is 261. The molecule has 0 saturated carbocycles. The summed E-state index contributed by atoms with van der Waals surface area (Å²) in [7, 11) is 1.02. The van der Waals surface area contributed by atoms with Gasteiger partial charge in [-0.05, 0) is 6.07 Å². The van der Waals surface area contributed by atoms with Crippen molar-refractivity contribution in [2.75, 3.05) is 7.11 Å². The number of aromatic nitrogens is 1. The summed E-state index contributed by atoms with van der Waals surface area (Å²) in [6.07, 6.45) is -3.73. The quantitative estimate of drug-likeness (QED) is 0.764. The first-order chi connectivity index (χ1) is 7.05. The van der Waals surface area contributed by atoms with Crippen LogP contribution in [-0.2, 0) is 4.74 Å². The van der Waals surface area contributed by atoms with Crippen LogP contribution in [0.5, 0.6) is 0 Å². The van der Waals surface area contributed by atoms with Gasteiger partial charge in [0.05, 0.1) is 0 Å². The van der Waals surface area contributed by atoms with Crippen LogP contribution in [0.1, 0.15) is 25.5 Å². The molecule has 0 radical (unpaired) electrons. The molecule has 1 aromatic heterocycles. The third-order valence-electron chi connectivity index (χ3n) is 1.52. The fourth-order valence-electron chi connectivity index (χ4n) is 0.990. The van der Waals surface area contributed by atoms with Gasteiger partial charge in [-0.15, -0.1) is 0 Å². The maximum absolute atomic E-state index is 12.3. The predicted molar refractivity (Wildman–Crippen MR) is 51.4 cm³/mol. The van der Waals surface area contributed by atoms with Crippen LogP contribution in [0.4, 0.5) is 13.2 Å². The average molecular weight is 221 g/mol. The number of nitrogens with zero attached hydrogens (tertiary/aromatic N) is 1. The SMILES string of the molecule is CC.COC(c1cccnc1)C(F)(F)F. The monoisotopic (exact) mass is 221 g/mol. The van der Waals surface area contributed by atoms with Crippen molar-refractivity contribution in [1.82, 2.24) is 4.98 Å².